The highest BCUT2D eigenvalue weighted by Crippen LogP contribution is 2.46. The van der Waals surface area contributed by atoms with Gasteiger partial charge in [0.1, 0.15) is 0 Å². The van der Waals surface area contributed by atoms with Crippen LogP contribution in [0.5, 0.6) is 23.0 Å². The van der Waals surface area contributed by atoms with Crippen molar-refractivity contribution in [3.8, 4) is 23.0 Å². The van der Waals surface area contributed by atoms with Crippen molar-refractivity contribution in [2.45, 2.75) is 13.8 Å². The van der Waals surface area contributed by atoms with Gasteiger partial charge < -0.3 is 9.47 Å². The molecule has 80 valence electrons. The number of fused-ring (bicyclic) bond motifs is 2. The summed E-state index contributed by atoms with van der Waals surface area (Å²) in [4.78, 5) is 0. The third-order valence-electron chi connectivity index (χ3n) is 2.92. The van der Waals surface area contributed by atoms with E-state index in [9.17, 15) is 0 Å². The average Bonchev–Trinajstić information content (AvgIpc) is 2.32. The van der Waals surface area contributed by atoms with Crippen LogP contribution in [0, 0.1) is 13.8 Å². The molecule has 0 atom stereocenters. The summed E-state index contributed by atoms with van der Waals surface area (Å²) in [5, 5.41) is 0. The normalized spacial score (nSPS) is 12.1. The van der Waals surface area contributed by atoms with Crippen LogP contribution in [0.25, 0.3) is 0 Å². The quantitative estimate of drug-likeness (QED) is 0.556. The first-order valence-electron chi connectivity index (χ1n) is 5.30. The van der Waals surface area contributed by atoms with E-state index in [0.29, 0.717) is 0 Å². The molecule has 0 bridgehead atoms. The highest BCUT2D eigenvalue weighted by Gasteiger charge is 2.20. The van der Waals surface area contributed by atoms with Gasteiger partial charge in [-0.05, 0) is 43.2 Å². The van der Waals surface area contributed by atoms with Crippen LogP contribution in [0.1, 0.15) is 11.1 Å². The second kappa shape index (κ2) is 3.27. The third-order valence-corrected chi connectivity index (χ3v) is 2.92. The molecule has 3 rings (SSSR count). The number of para-hydroxylation sites is 2. The van der Waals surface area contributed by atoms with Gasteiger partial charge in [0.25, 0.3) is 0 Å². The van der Waals surface area contributed by atoms with Crippen molar-refractivity contribution in [1.29, 1.82) is 0 Å². The van der Waals surface area contributed by atoms with Crippen LogP contribution < -0.4 is 9.47 Å². The Balaban J connectivity index is 2.16. The molecule has 0 saturated carbocycles. The van der Waals surface area contributed by atoms with E-state index >= 15 is 0 Å². The van der Waals surface area contributed by atoms with Crippen molar-refractivity contribution in [1.82, 2.24) is 0 Å². The van der Waals surface area contributed by atoms with E-state index in [1.807, 2.05) is 43.3 Å². The Hall–Kier alpha value is -1.96. The van der Waals surface area contributed by atoms with Gasteiger partial charge in [-0.1, -0.05) is 18.2 Å². The molecule has 1 heterocycles. The van der Waals surface area contributed by atoms with Crippen molar-refractivity contribution >= 4 is 0 Å². The number of benzene rings is 2. The fraction of sp³-hybridized carbons (Fsp3) is 0.143. The molecule has 2 nitrogen and oxygen atoms in total. The van der Waals surface area contributed by atoms with Crippen molar-refractivity contribution in [2.24, 2.45) is 0 Å². The van der Waals surface area contributed by atoms with Crippen LogP contribution >= 0.6 is 0 Å². The van der Waals surface area contributed by atoms with Gasteiger partial charge in [-0.25, -0.2) is 0 Å². The molecule has 2 heteroatoms. The molecular weight excluding hydrogens is 200 g/mol. The average molecular weight is 212 g/mol. The van der Waals surface area contributed by atoms with Gasteiger partial charge in [0.15, 0.2) is 23.0 Å². The minimum atomic E-state index is 0.776. The first-order chi connectivity index (χ1) is 7.75. The maximum absolute atomic E-state index is 5.86. The SMILES string of the molecule is Cc1ccc2c(c1C)Oc1ccccc1O2. The van der Waals surface area contributed by atoms with E-state index in [1.54, 1.807) is 0 Å². The third kappa shape index (κ3) is 1.27. The molecule has 0 unspecified atom stereocenters. The summed E-state index contributed by atoms with van der Waals surface area (Å²) in [6.07, 6.45) is 0. The summed E-state index contributed by atoms with van der Waals surface area (Å²) in [6, 6.07) is 11.7. The van der Waals surface area contributed by atoms with Gasteiger partial charge in [0, 0.05) is 0 Å². The van der Waals surface area contributed by atoms with Gasteiger partial charge in [0.05, 0.1) is 0 Å². The number of ether oxygens (including phenoxy) is 2. The fourth-order valence-corrected chi connectivity index (χ4v) is 1.82. The van der Waals surface area contributed by atoms with Crippen LogP contribution in [0.4, 0.5) is 0 Å². The van der Waals surface area contributed by atoms with E-state index in [-0.39, 0.29) is 0 Å². The number of hydrogen-bond donors (Lipinski definition) is 0. The Morgan fingerprint density at radius 1 is 0.750 bits per heavy atom. The minimum Gasteiger partial charge on any atom is -0.450 e. The number of rotatable bonds is 0. The summed E-state index contributed by atoms with van der Waals surface area (Å²) in [6.45, 7) is 4.12. The Morgan fingerprint density at radius 2 is 1.44 bits per heavy atom. The van der Waals surface area contributed by atoms with Gasteiger partial charge in [0.2, 0.25) is 0 Å². The van der Waals surface area contributed by atoms with E-state index in [0.717, 1.165) is 28.6 Å². The van der Waals surface area contributed by atoms with E-state index in [1.165, 1.54) is 5.56 Å². The molecule has 1 aliphatic heterocycles. The van der Waals surface area contributed by atoms with Crippen molar-refractivity contribution in [3.63, 3.8) is 0 Å². The zero-order chi connectivity index (χ0) is 11.1. The van der Waals surface area contributed by atoms with Crippen LogP contribution in [-0.2, 0) is 0 Å². The van der Waals surface area contributed by atoms with Crippen molar-refractivity contribution in [3.05, 3.63) is 47.5 Å². The van der Waals surface area contributed by atoms with Crippen molar-refractivity contribution in [2.75, 3.05) is 0 Å². The topological polar surface area (TPSA) is 18.5 Å². The Kier molecular flexibility index (Phi) is 1.90. The zero-order valence-corrected chi connectivity index (χ0v) is 9.28. The summed E-state index contributed by atoms with van der Waals surface area (Å²) in [5.41, 5.74) is 2.34. The second-order valence-electron chi connectivity index (χ2n) is 3.99. The van der Waals surface area contributed by atoms with Crippen LogP contribution in [0.15, 0.2) is 36.4 Å². The molecule has 0 aliphatic carbocycles. The number of aryl methyl sites for hydroxylation is 1. The molecule has 0 saturated heterocycles. The Bertz CT molecular complexity index is 559. The lowest BCUT2D eigenvalue weighted by Crippen LogP contribution is -2.01. The molecule has 1 aliphatic rings. The fourth-order valence-electron chi connectivity index (χ4n) is 1.82. The maximum atomic E-state index is 5.86. The summed E-state index contributed by atoms with van der Waals surface area (Å²) in [5.74, 6) is 3.18. The lowest BCUT2D eigenvalue weighted by Gasteiger charge is -2.22. The molecule has 2 aromatic carbocycles. The molecule has 0 aromatic heterocycles. The van der Waals surface area contributed by atoms with E-state index < -0.39 is 0 Å². The summed E-state index contributed by atoms with van der Waals surface area (Å²) < 4.78 is 11.7. The standard InChI is InChI=1S/C14H12O2/c1-9-7-8-13-14(10(9)2)16-12-6-4-3-5-11(12)15-13/h3-8H,1-2H3. The smallest absolute Gasteiger partial charge is 0.173 e. The molecule has 0 N–H and O–H groups in total. The first kappa shape index (κ1) is 9.28. The lowest BCUT2D eigenvalue weighted by molar-refractivity contribution is 0.357. The first-order valence-corrected chi connectivity index (χ1v) is 5.30. The molecule has 16 heavy (non-hydrogen) atoms. The zero-order valence-electron chi connectivity index (χ0n) is 9.28. The Morgan fingerprint density at radius 3 is 2.19 bits per heavy atom. The minimum absolute atomic E-state index is 0.776. The van der Waals surface area contributed by atoms with E-state index in [2.05, 4.69) is 6.92 Å². The monoisotopic (exact) mass is 212 g/mol. The van der Waals surface area contributed by atoms with Gasteiger partial charge >= 0.3 is 0 Å². The highest BCUT2D eigenvalue weighted by atomic mass is 16.6. The van der Waals surface area contributed by atoms with E-state index in [4.69, 9.17) is 9.47 Å². The summed E-state index contributed by atoms with van der Waals surface area (Å²) >= 11 is 0. The maximum Gasteiger partial charge on any atom is 0.173 e. The van der Waals surface area contributed by atoms with Gasteiger partial charge in [-0.15, -0.1) is 0 Å². The van der Waals surface area contributed by atoms with Crippen LogP contribution in [0.2, 0.25) is 0 Å². The predicted octanol–water partition coefficient (Wildman–Crippen LogP) is 4.20. The number of hydrogen-bond acceptors (Lipinski definition) is 2. The molecule has 0 fully saturated rings. The highest BCUT2D eigenvalue weighted by molar-refractivity contribution is 5.58. The molecule has 0 spiro atoms. The predicted molar refractivity (Wildman–Crippen MR) is 62.5 cm³/mol. The Labute approximate surface area is 94.4 Å². The van der Waals surface area contributed by atoms with Crippen LogP contribution in [-0.4, -0.2) is 0 Å². The van der Waals surface area contributed by atoms with Crippen LogP contribution in [0.3, 0.4) is 0 Å². The largest absolute Gasteiger partial charge is 0.450 e. The molecule has 0 amide bonds. The van der Waals surface area contributed by atoms with Gasteiger partial charge in [-0.2, -0.15) is 0 Å². The van der Waals surface area contributed by atoms with Crippen molar-refractivity contribution < 1.29 is 9.47 Å². The van der Waals surface area contributed by atoms with Gasteiger partial charge in [-0.3, -0.25) is 0 Å². The molecular formula is C14H12O2. The second-order valence-corrected chi connectivity index (χ2v) is 3.99. The summed E-state index contributed by atoms with van der Waals surface area (Å²) in [7, 11) is 0. The lowest BCUT2D eigenvalue weighted by atomic mass is 10.1. The molecule has 2 aromatic rings. The molecule has 0 radical (unpaired) electrons.